The zero-order chi connectivity index (χ0) is 16.7. The fourth-order valence-corrected chi connectivity index (χ4v) is 3.92. The van der Waals surface area contributed by atoms with Gasteiger partial charge in [-0.05, 0) is 50.5 Å². The Kier molecular flexibility index (Phi) is 3.94. The molecule has 0 aliphatic carbocycles. The van der Waals surface area contributed by atoms with E-state index in [9.17, 15) is 9.90 Å². The van der Waals surface area contributed by atoms with Gasteiger partial charge in [-0.15, -0.1) is 11.3 Å². The lowest BCUT2D eigenvalue weighted by molar-refractivity contribution is -0.138. The first kappa shape index (κ1) is 15.7. The highest BCUT2D eigenvalue weighted by Gasteiger charge is 2.24. The van der Waals surface area contributed by atoms with Gasteiger partial charge in [-0.1, -0.05) is 29.8 Å². The summed E-state index contributed by atoms with van der Waals surface area (Å²) in [5.74, 6) is -1.42. The minimum Gasteiger partial charge on any atom is -0.481 e. The van der Waals surface area contributed by atoms with Crippen molar-refractivity contribution in [2.75, 3.05) is 0 Å². The lowest BCUT2D eigenvalue weighted by Crippen LogP contribution is -2.11. The van der Waals surface area contributed by atoms with E-state index < -0.39 is 11.9 Å². The van der Waals surface area contributed by atoms with Crippen LogP contribution in [0, 0.1) is 20.8 Å². The van der Waals surface area contributed by atoms with Crippen LogP contribution in [0.3, 0.4) is 0 Å². The molecule has 0 amide bonds. The van der Waals surface area contributed by atoms with Crippen molar-refractivity contribution in [3.63, 3.8) is 0 Å². The molecular weight excluding hydrogens is 306 g/mol. The molecule has 3 nitrogen and oxygen atoms in total. The minimum atomic E-state index is -0.824. The van der Waals surface area contributed by atoms with E-state index >= 15 is 0 Å². The summed E-state index contributed by atoms with van der Waals surface area (Å²) in [6, 6.07) is 10.4. The van der Waals surface area contributed by atoms with Crippen molar-refractivity contribution < 1.29 is 9.90 Å². The summed E-state index contributed by atoms with van der Waals surface area (Å²) in [5.41, 5.74) is 4.85. The van der Waals surface area contributed by atoms with Crippen LogP contribution < -0.4 is 0 Å². The zero-order valence-corrected chi connectivity index (χ0v) is 14.5. The number of aryl methyl sites for hydroxylation is 3. The molecule has 0 saturated carbocycles. The van der Waals surface area contributed by atoms with E-state index in [1.165, 1.54) is 10.4 Å². The quantitative estimate of drug-likeness (QED) is 0.731. The molecular formula is C19H19NO2S. The number of carbonyl (C=O) groups is 1. The molecule has 1 unspecified atom stereocenters. The molecule has 118 valence electrons. The Bertz CT molecular complexity index is 894. The van der Waals surface area contributed by atoms with Crippen LogP contribution in [-0.2, 0) is 4.79 Å². The monoisotopic (exact) mass is 325 g/mol. The van der Waals surface area contributed by atoms with Crippen molar-refractivity contribution in [1.29, 1.82) is 0 Å². The number of hydrogen-bond donors (Lipinski definition) is 1. The molecule has 0 saturated heterocycles. The maximum absolute atomic E-state index is 11.6. The highest BCUT2D eigenvalue weighted by molar-refractivity contribution is 7.18. The maximum atomic E-state index is 11.6. The van der Waals surface area contributed by atoms with Crippen LogP contribution in [0.25, 0.3) is 21.3 Å². The first-order valence-electron chi connectivity index (χ1n) is 7.59. The Balaban J connectivity index is 2.40. The molecule has 0 fully saturated rings. The lowest BCUT2D eigenvalue weighted by atomic mass is 9.88. The molecule has 23 heavy (non-hydrogen) atoms. The van der Waals surface area contributed by atoms with Crippen LogP contribution in [0.2, 0.25) is 0 Å². The van der Waals surface area contributed by atoms with E-state index in [1.807, 2.05) is 13.8 Å². The normalized spacial score (nSPS) is 12.5. The van der Waals surface area contributed by atoms with Crippen molar-refractivity contribution in [1.82, 2.24) is 4.98 Å². The highest BCUT2D eigenvalue weighted by atomic mass is 32.1. The summed E-state index contributed by atoms with van der Waals surface area (Å²) in [4.78, 5) is 18.4. The highest BCUT2D eigenvalue weighted by Crippen LogP contribution is 2.40. The molecule has 0 spiro atoms. The summed E-state index contributed by atoms with van der Waals surface area (Å²) in [6.45, 7) is 7.74. The third-order valence-electron chi connectivity index (χ3n) is 4.18. The minimum absolute atomic E-state index is 0.594. The van der Waals surface area contributed by atoms with Crippen LogP contribution in [0.15, 0.2) is 30.3 Å². The van der Waals surface area contributed by atoms with Crippen LogP contribution in [-0.4, -0.2) is 16.1 Å². The first-order chi connectivity index (χ1) is 10.9. The Morgan fingerprint density at radius 2 is 1.83 bits per heavy atom. The summed E-state index contributed by atoms with van der Waals surface area (Å²) in [5, 5.41) is 10.6. The van der Waals surface area contributed by atoms with Gasteiger partial charge < -0.3 is 5.11 Å². The van der Waals surface area contributed by atoms with Gasteiger partial charge in [-0.2, -0.15) is 0 Å². The number of carboxylic acid groups (broad SMARTS) is 1. The maximum Gasteiger partial charge on any atom is 0.310 e. The average molecular weight is 325 g/mol. The molecule has 1 aromatic carbocycles. The number of fused-ring (bicyclic) bond motifs is 1. The number of thiophene rings is 1. The molecule has 2 heterocycles. The number of aromatic nitrogens is 1. The largest absolute Gasteiger partial charge is 0.481 e. The molecule has 0 aliphatic rings. The zero-order valence-electron chi connectivity index (χ0n) is 13.7. The van der Waals surface area contributed by atoms with E-state index in [4.69, 9.17) is 0 Å². The van der Waals surface area contributed by atoms with E-state index in [-0.39, 0.29) is 0 Å². The SMILES string of the molecule is Cc1ccc(-c2c(C(C)C(=O)O)c(C)nc3sc(C)cc23)cc1. The molecule has 0 aliphatic heterocycles. The van der Waals surface area contributed by atoms with Crippen molar-refractivity contribution >= 4 is 27.5 Å². The van der Waals surface area contributed by atoms with Gasteiger partial charge in [0.15, 0.2) is 0 Å². The third kappa shape index (κ3) is 2.75. The number of benzene rings is 1. The number of hydrogen-bond acceptors (Lipinski definition) is 3. The standard InChI is InChI=1S/C19H19NO2S/c1-10-5-7-14(8-6-10)17-15-9-11(2)23-18(15)20-13(4)16(17)12(3)19(21)22/h5-9,12H,1-4H3,(H,21,22). The van der Waals surface area contributed by atoms with Crippen LogP contribution in [0.1, 0.15) is 34.5 Å². The van der Waals surface area contributed by atoms with Gasteiger partial charge in [-0.25, -0.2) is 4.98 Å². The van der Waals surface area contributed by atoms with E-state index in [0.29, 0.717) is 0 Å². The topological polar surface area (TPSA) is 50.2 Å². The van der Waals surface area contributed by atoms with Gasteiger partial charge in [0.25, 0.3) is 0 Å². The Labute approximate surface area is 139 Å². The van der Waals surface area contributed by atoms with Gasteiger partial charge in [0, 0.05) is 16.0 Å². The predicted octanol–water partition coefficient (Wildman–Crippen LogP) is 5.08. The second-order valence-electron chi connectivity index (χ2n) is 5.99. The summed E-state index contributed by atoms with van der Waals surface area (Å²) in [6.07, 6.45) is 0. The molecule has 1 N–H and O–H groups in total. The molecule has 1 atom stereocenters. The van der Waals surface area contributed by atoms with Crippen molar-refractivity contribution in [2.45, 2.75) is 33.6 Å². The Morgan fingerprint density at radius 1 is 1.17 bits per heavy atom. The van der Waals surface area contributed by atoms with E-state index in [1.54, 1.807) is 18.3 Å². The van der Waals surface area contributed by atoms with Crippen LogP contribution in [0.4, 0.5) is 0 Å². The molecule has 3 rings (SSSR count). The van der Waals surface area contributed by atoms with Crippen LogP contribution in [0.5, 0.6) is 0 Å². The van der Waals surface area contributed by atoms with Gasteiger partial charge in [-0.3, -0.25) is 4.79 Å². The van der Waals surface area contributed by atoms with Crippen molar-refractivity contribution in [2.24, 2.45) is 0 Å². The average Bonchev–Trinajstić information content (AvgIpc) is 2.85. The fraction of sp³-hybridized carbons (Fsp3) is 0.263. The lowest BCUT2D eigenvalue weighted by Gasteiger charge is -2.17. The number of pyridine rings is 1. The first-order valence-corrected chi connectivity index (χ1v) is 8.40. The number of aliphatic carboxylic acids is 1. The van der Waals surface area contributed by atoms with Crippen LogP contribution >= 0.6 is 11.3 Å². The second-order valence-corrected chi connectivity index (χ2v) is 7.22. The summed E-state index contributed by atoms with van der Waals surface area (Å²) < 4.78 is 0. The van der Waals surface area contributed by atoms with Gasteiger partial charge in [0.2, 0.25) is 0 Å². The smallest absolute Gasteiger partial charge is 0.310 e. The van der Waals surface area contributed by atoms with Crippen molar-refractivity contribution in [3.05, 3.63) is 52.0 Å². The van der Waals surface area contributed by atoms with Gasteiger partial charge >= 0.3 is 5.97 Å². The van der Waals surface area contributed by atoms with E-state index in [2.05, 4.69) is 42.2 Å². The molecule has 0 bridgehead atoms. The number of carboxylic acids is 1. The molecule has 4 heteroatoms. The third-order valence-corrected chi connectivity index (χ3v) is 5.12. The van der Waals surface area contributed by atoms with Crippen molar-refractivity contribution in [3.8, 4) is 11.1 Å². The molecule has 2 aromatic heterocycles. The van der Waals surface area contributed by atoms with Gasteiger partial charge in [0.05, 0.1) is 5.92 Å². The Morgan fingerprint density at radius 3 is 2.43 bits per heavy atom. The molecule has 0 radical (unpaired) electrons. The molecule has 3 aromatic rings. The summed E-state index contributed by atoms with van der Waals surface area (Å²) in [7, 11) is 0. The summed E-state index contributed by atoms with van der Waals surface area (Å²) >= 11 is 1.65. The van der Waals surface area contributed by atoms with E-state index in [0.717, 1.165) is 32.6 Å². The van der Waals surface area contributed by atoms with Gasteiger partial charge in [0.1, 0.15) is 4.83 Å². The second kappa shape index (κ2) is 5.78. The number of nitrogens with zero attached hydrogens (tertiary/aromatic N) is 1. The Hall–Kier alpha value is -2.20. The predicted molar refractivity (Wildman–Crippen MR) is 95.3 cm³/mol. The number of rotatable bonds is 3. The fourth-order valence-electron chi connectivity index (χ4n) is 2.99.